The monoisotopic (exact) mass is 381 g/mol. The van der Waals surface area contributed by atoms with Gasteiger partial charge in [-0.3, -0.25) is 4.79 Å². The maximum atomic E-state index is 12.8. The van der Waals surface area contributed by atoms with Crippen molar-refractivity contribution >= 4 is 11.7 Å². The van der Waals surface area contributed by atoms with E-state index < -0.39 is 0 Å². The van der Waals surface area contributed by atoms with Gasteiger partial charge in [-0.15, -0.1) is 0 Å². The molecule has 6 nitrogen and oxygen atoms in total. The molecule has 0 unspecified atom stereocenters. The van der Waals surface area contributed by atoms with E-state index in [4.69, 9.17) is 9.47 Å². The number of likely N-dealkylation sites (N-methyl/N-ethyl adjacent to an activating group) is 1. The molecule has 0 N–H and O–H groups in total. The molecule has 0 bridgehead atoms. The molecular weight excluding hydrogens is 354 g/mol. The van der Waals surface area contributed by atoms with Crippen LogP contribution in [0.3, 0.4) is 0 Å². The van der Waals surface area contributed by atoms with Crippen LogP contribution in [-0.4, -0.2) is 55.2 Å². The highest BCUT2D eigenvalue weighted by molar-refractivity contribution is 5.94. The standard InChI is InChI=1S/C22H27N3O3/c1-24(15-18-16-27-19-8-4-5-9-20(19)28-18)22(26)17-10-11-21(23-14-17)25-12-6-2-3-7-13-25/h4-5,8-11,14,18H,2-3,6-7,12-13,15-16H2,1H3/t18-/m0/s1. The first kappa shape index (κ1) is 18.6. The number of carbonyl (C=O) groups is 1. The normalized spacial score (nSPS) is 19.0. The predicted octanol–water partition coefficient (Wildman–Crippen LogP) is 3.37. The number of hydrogen-bond donors (Lipinski definition) is 0. The second-order valence-electron chi connectivity index (χ2n) is 7.49. The first-order chi connectivity index (χ1) is 13.7. The summed E-state index contributed by atoms with van der Waals surface area (Å²) in [6, 6.07) is 11.4. The number of carbonyl (C=O) groups excluding carboxylic acids is 1. The van der Waals surface area contributed by atoms with Crippen LogP contribution in [0.1, 0.15) is 36.0 Å². The van der Waals surface area contributed by atoms with Gasteiger partial charge in [0.25, 0.3) is 5.91 Å². The molecular formula is C22H27N3O3. The van der Waals surface area contributed by atoms with Crippen LogP contribution in [0.4, 0.5) is 5.82 Å². The molecule has 148 valence electrons. The van der Waals surface area contributed by atoms with Gasteiger partial charge in [-0.25, -0.2) is 4.98 Å². The number of pyridine rings is 1. The third-order valence-electron chi connectivity index (χ3n) is 5.32. The molecule has 0 radical (unpaired) electrons. The Hall–Kier alpha value is -2.76. The SMILES string of the molecule is CN(C[C@H]1COc2ccccc2O1)C(=O)c1ccc(N2CCCCCC2)nc1. The molecule has 0 aliphatic carbocycles. The molecule has 1 atom stereocenters. The van der Waals surface area contributed by atoms with Crippen LogP contribution in [0.5, 0.6) is 11.5 Å². The van der Waals surface area contributed by atoms with Crippen LogP contribution in [0.2, 0.25) is 0 Å². The number of nitrogens with zero attached hydrogens (tertiary/aromatic N) is 3. The fourth-order valence-corrected chi connectivity index (χ4v) is 3.76. The van der Waals surface area contributed by atoms with E-state index in [0.717, 1.165) is 30.4 Å². The average molecular weight is 381 g/mol. The summed E-state index contributed by atoms with van der Waals surface area (Å²) in [7, 11) is 1.79. The van der Waals surface area contributed by atoms with Crippen molar-refractivity contribution in [3.05, 3.63) is 48.2 Å². The molecule has 1 saturated heterocycles. The van der Waals surface area contributed by atoms with Gasteiger partial charge in [-0.1, -0.05) is 25.0 Å². The van der Waals surface area contributed by atoms with Gasteiger partial charge in [-0.05, 0) is 37.1 Å². The Morgan fingerprint density at radius 3 is 2.57 bits per heavy atom. The maximum Gasteiger partial charge on any atom is 0.255 e. The van der Waals surface area contributed by atoms with Crippen LogP contribution in [0.15, 0.2) is 42.6 Å². The Labute approximate surface area is 166 Å². The predicted molar refractivity (Wildman–Crippen MR) is 108 cm³/mol. The van der Waals surface area contributed by atoms with Crippen molar-refractivity contribution in [2.45, 2.75) is 31.8 Å². The largest absolute Gasteiger partial charge is 0.486 e. The van der Waals surface area contributed by atoms with Crippen molar-refractivity contribution in [2.75, 3.05) is 38.2 Å². The minimum Gasteiger partial charge on any atom is -0.486 e. The summed E-state index contributed by atoms with van der Waals surface area (Å²) >= 11 is 0. The lowest BCUT2D eigenvalue weighted by molar-refractivity contribution is 0.0520. The summed E-state index contributed by atoms with van der Waals surface area (Å²) in [5.41, 5.74) is 0.596. The summed E-state index contributed by atoms with van der Waals surface area (Å²) in [6.45, 7) is 2.98. The Bertz CT molecular complexity index is 801. The molecule has 0 saturated carbocycles. The quantitative estimate of drug-likeness (QED) is 0.813. The van der Waals surface area contributed by atoms with Crippen molar-refractivity contribution < 1.29 is 14.3 Å². The zero-order valence-electron chi connectivity index (χ0n) is 16.3. The van der Waals surface area contributed by atoms with E-state index >= 15 is 0 Å². The average Bonchev–Trinajstić information content (AvgIpc) is 3.03. The second kappa shape index (κ2) is 8.50. The van der Waals surface area contributed by atoms with Crippen LogP contribution < -0.4 is 14.4 Å². The van der Waals surface area contributed by atoms with Crippen LogP contribution >= 0.6 is 0 Å². The Balaban J connectivity index is 1.36. The third kappa shape index (κ3) is 4.21. The third-order valence-corrected chi connectivity index (χ3v) is 5.32. The van der Waals surface area contributed by atoms with E-state index in [1.165, 1.54) is 25.7 Å². The number of ether oxygens (including phenoxy) is 2. The highest BCUT2D eigenvalue weighted by atomic mass is 16.6. The van der Waals surface area contributed by atoms with E-state index in [1.807, 2.05) is 36.4 Å². The zero-order chi connectivity index (χ0) is 19.3. The molecule has 0 spiro atoms. The molecule has 2 aliphatic rings. The van der Waals surface area contributed by atoms with Crippen molar-refractivity contribution in [1.82, 2.24) is 9.88 Å². The second-order valence-corrected chi connectivity index (χ2v) is 7.49. The van der Waals surface area contributed by atoms with Gasteiger partial charge in [0.1, 0.15) is 12.4 Å². The smallest absolute Gasteiger partial charge is 0.255 e. The van der Waals surface area contributed by atoms with Crippen LogP contribution in [0, 0.1) is 0 Å². The van der Waals surface area contributed by atoms with E-state index in [-0.39, 0.29) is 12.0 Å². The molecule has 1 amide bonds. The van der Waals surface area contributed by atoms with Gasteiger partial charge in [0, 0.05) is 26.3 Å². The molecule has 28 heavy (non-hydrogen) atoms. The van der Waals surface area contributed by atoms with E-state index in [2.05, 4.69) is 9.88 Å². The van der Waals surface area contributed by atoms with Crippen molar-refractivity contribution in [3.63, 3.8) is 0 Å². The lowest BCUT2D eigenvalue weighted by Gasteiger charge is -2.29. The summed E-state index contributed by atoms with van der Waals surface area (Å²) in [4.78, 5) is 21.3. The summed E-state index contributed by atoms with van der Waals surface area (Å²) in [5, 5.41) is 0. The lowest BCUT2D eigenvalue weighted by atomic mass is 10.2. The highest BCUT2D eigenvalue weighted by Crippen LogP contribution is 2.31. The first-order valence-corrected chi connectivity index (χ1v) is 10.1. The summed E-state index contributed by atoms with van der Waals surface area (Å²) < 4.78 is 11.7. The van der Waals surface area contributed by atoms with Gasteiger partial charge >= 0.3 is 0 Å². The topological polar surface area (TPSA) is 54.9 Å². The Morgan fingerprint density at radius 2 is 1.86 bits per heavy atom. The van der Waals surface area contributed by atoms with E-state index in [9.17, 15) is 4.79 Å². The summed E-state index contributed by atoms with van der Waals surface area (Å²) in [6.07, 6.45) is 6.49. The van der Waals surface area contributed by atoms with Gasteiger partial charge in [0.05, 0.1) is 12.1 Å². The van der Waals surface area contributed by atoms with Gasteiger partial charge in [0.15, 0.2) is 17.6 Å². The lowest BCUT2D eigenvalue weighted by Crippen LogP contribution is -2.41. The maximum absolute atomic E-state index is 12.8. The molecule has 4 rings (SSSR count). The molecule has 1 fully saturated rings. The van der Waals surface area contributed by atoms with Gasteiger partial charge < -0.3 is 19.3 Å². The Kier molecular flexibility index (Phi) is 5.65. The number of rotatable bonds is 4. The fourth-order valence-electron chi connectivity index (χ4n) is 3.76. The van der Waals surface area contributed by atoms with Crippen molar-refractivity contribution in [2.24, 2.45) is 0 Å². The number of fused-ring (bicyclic) bond motifs is 1. The Morgan fingerprint density at radius 1 is 1.11 bits per heavy atom. The minimum absolute atomic E-state index is 0.0580. The minimum atomic E-state index is -0.187. The molecule has 6 heteroatoms. The first-order valence-electron chi connectivity index (χ1n) is 10.1. The van der Waals surface area contributed by atoms with Crippen molar-refractivity contribution in [1.29, 1.82) is 0 Å². The summed E-state index contributed by atoms with van der Waals surface area (Å²) in [5.74, 6) is 2.38. The van der Waals surface area contributed by atoms with Gasteiger partial charge in [-0.2, -0.15) is 0 Å². The van der Waals surface area contributed by atoms with Crippen molar-refractivity contribution in [3.8, 4) is 11.5 Å². The van der Waals surface area contributed by atoms with Crippen LogP contribution in [0.25, 0.3) is 0 Å². The molecule has 3 heterocycles. The number of hydrogen-bond acceptors (Lipinski definition) is 5. The molecule has 2 aliphatic heterocycles. The van der Waals surface area contributed by atoms with Gasteiger partial charge in [0.2, 0.25) is 0 Å². The molecule has 1 aromatic carbocycles. The number of anilines is 1. The molecule has 1 aromatic heterocycles. The fraction of sp³-hybridized carbons (Fsp3) is 0.455. The highest BCUT2D eigenvalue weighted by Gasteiger charge is 2.24. The zero-order valence-corrected chi connectivity index (χ0v) is 16.3. The molecule has 2 aromatic rings. The van der Waals surface area contributed by atoms with E-state index in [0.29, 0.717) is 18.7 Å². The number of para-hydroxylation sites is 2. The van der Waals surface area contributed by atoms with Crippen LogP contribution in [-0.2, 0) is 0 Å². The number of aromatic nitrogens is 1. The van der Waals surface area contributed by atoms with E-state index in [1.54, 1.807) is 18.1 Å². The number of amides is 1. The number of benzene rings is 1.